The van der Waals surface area contributed by atoms with Gasteiger partial charge in [0.2, 0.25) is 5.16 Å². The SMILES string of the molecule is O=C(CSc1nnnn1-c1ccc(Cl)cc1)N/N=C\c1ccc(-c2ccc(F)cc2)o1. The number of halogens is 2. The van der Waals surface area contributed by atoms with E-state index in [-0.39, 0.29) is 17.5 Å². The molecule has 0 saturated carbocycles. The molecule has 0 saturated heterocycles. The Morgan fingerprint density at radius 3 is 2.71 bits per heavy atom. The normalized spacial score (nSPS) is 11.2. The fourth-order valence-corrected chi connectivity index (χ4v) is 3.34. The van der Waals surface area contributed by atoms with Crippen molar-refractivity contribution in [1.29, 1.82) is 0 Å². The lowest BCUT2D eigenvalue weighted by molar-refractivity contribution is -0.118. The Morgan fingerprint density at radius 1 is 1.16 bits per heavy atom. The Labute approximate surface area is 185 Å². The monoisotopic (exact) mass is 456 g/mol. The van der Waals surface area contributed by atoms with Crippen LogP contribution in [0.5, 0.6) is 0 Å². The molecule has 0 unspecified atom stereocenters. The van der Waals surface area contributed by atoms with Crippen molar-refractivity contribution < 1.29 is 13.6 Å². The smallest absolute Gasteiger partial charge is 0.250 e. The summed E-state index contributed by atoms with van der Waals surface area (Å²) in [6.07, 6.45) is 1.38. The minimum Gasteiger partial charge on any atom is -0.455 e. The molecule has 2 aromatic heterocycles. The molecule has 0 atom stereocenters. The molecule has 8 nitrogen and oxygen atoms in total. The van der Waals surface area contributed by atoms with Gasteiger partial charge in [-0.2, -0.15) is 9.78 Å². The van der Waals surface area contributed by atoms with Gasteiger partial charge in [-0.25, -0.2) is 9.82 Å². The zero-order valence-electron chi connectivity index (χ0n) is 15.8. The van der Waals surface area contributed by atoms with Crippen LogP contribution in [0.2, 0.25) is 5.02 Å². The Balaban J connectivity index is 1.30. The fraction of sp³-hybridized carbons (Fsp3) is 0.0500. The first-order valence-corrected chi connectivity index (χ1v) is 10.3. The van der Waals surface area contributed by atoms with E-state index in [1.54, 1.807) is 48.5 Å². The highest BCUT2D eigenvalue weighted by Gasteiger charge is 2.11. The predicted octanol–water partition coefficient (Wildman–Crippen LogP) is 3.96. The zero-order chi connectivity index (χ0) is 21.6. The number of amides is 1. The molecule has 31 heavy (non-hydrogen) atoms. The molecule has 0 fully saturated rings. The summed E-state index contributed by atoms with van der Waals surface area (Å²) in [4.78, 5) is 12.1. The van der Waals surface area contributed by atoms with Crippen molar-refractivity contribution in [3.63, 3.8) is 0 Å². The third-order valence-electron chi connectivity index (χ3n) is 3.98. The van der Waals surface area contributed by atoms with Gasteiger partial charge in [-0.3, -0.25) is 4.79 Å². The number of tetrazole rings is 1. The van der Waals surface area contributed by atoms with Crippen molar-refractivity contribution in [3.8, 4) is 17.0 Å². The lowest BCUT2D eigenvalue weighted by Crippen LogP contribution is -2.19. The molecular weight excluding hydrogens is 443 g/mol. The number of thioether (sulfide) groups is 1. The van der Waals surface area contributed by atoms with E-state index >= 15 is 0 Å². The van der Waals surface area contributed by atoms with Crippen LogP contribution in [0, 0.1) is 5.82 Å². The summed E-state index contributed by atoms with van der Waals surface area (Å²) in [6.45, 7) is 0. The average Bonchev–Trinajstić information content (AvgIpc) is 3.43. The topological polar surface area (TPSA) is 98.2 Å². The number of hydrazone groups is 1. The summed E-state index contributed by atoms with van der Waals surface area (Å²) >= 11 is 7.06. The number of nitrogens with zero attached hydrogens (tertiary/aromatic N) is 5. The second-order valence-corrected chi connectivity index (χ2v) is 7.52. The molecule has 1 amide bonds. The lowest BCUT2D eigenvalue weighted by Gasteiger charge is -2.03. The van der Waals surface area contributed by atoms with Gasteiger partial charge in [0.15, 0.2) is 0 Å². The molecule has 11 heteroatoms. The minimum atomic E-state index is -0.336. The first-order chi connectivity index (χ1) is 15.1. The summed E-state index contributed by atoms with van der Waals surface area (Å²) in [5, 5.41) is 16.4. The quantitative estimate of drug-likeness (QED) is 0.257. The molecule has 156 valence electrons. The number of benzene rings is 2. The van der Waals surface area contributed by atoms with Crippen LogP contribution in [0.1, 0.15) is 5.76 Å². The van der Waals surface area contributed by atoms with Crippen molar-refractivity contribution in [2.24, 2.45) is 5.10 Å². The zero-order valence-corrected chi connectivity index (χ0v) is 17.3. The molecule has 0 spiro atoms. The fourth-order valence-electron chi connectivity index (χ4n) is 2.54. The van der Waals surface area contributed by atoms with Crippen LogP contribution in [0.3, 0.4) is 0 Å². The van der Waals surface area contributed by atoms with Crippen LogP contribution >= 0.6 is 23.4 Å². The van der Waals surface area contributed by atoms with E-state index in [0.717, 1.165) is 23.0 Å². The van der Waals surface area contributed by atoms with Gasteiger partial charge >= 0.3 is 0 Å². The first-order valence-electron chi connectivity index (χ1n) is 8.93. The van der Waals surface area contributed by atoms with Gasteiger partial charge < -0.3 is 4.42 Å². The van der Waals surface area contributed by atoms with Crippen molar-refractivity contribution in [3.05, 3.63) is 77.3 Å². The maximum Gasteiger partial charge on any atom is 0.250 e. The summed E-state index contributed by atoms with van der Waals surface area (Å²) in [5.41, 5.74) is 3.88. The highest BCUT2D eigenvalue weighted by Crippen LogP contribution is 2.22. The van der Waals surface area contributed by atoms with E-state index in [9.17, 15) is 9.18 Å². The maximum absolute atomic E-state index is 13.0. The van der Waals surface area contributed by atoms with Crippen molar-refractivity contribution in [1.82, 2.24) is 25.6 Å². The van der Waals surface area contributed by atoms with Gasteiger partial charge in [-0.1, -0.05) is 23.4 Å². The van der Waals surface area contributed by atoms with Gasteiger partial charge in [-0.05, 0) is 71.1 Å². The molecule has 0 aliphatic rings. The summed E-state index contributed by atoms with van der Waals surface area (Å²) < 4.78 is 20.1. The number of carbonyl (C=O) groups is 1. The maximum atomic E-state index is 13.0. The number of aromatic nitrogens is 4. The number of furan rings is 1. The molecule has 4 rings (SSSR count). The molecule has 2 heterocycles. The van der Waals surface area contributed by atoms with Crippen LogP contribution in [0.4, 0.5) is 4.39 Å². The highest BCUT2D eigenvalue weighted by atomic mass is 35.5. The van der Waals surface area contributed by atoms with Crippen molar-refractivity contribution >= 4 is 35.5 Å². The molecule has 4 aromatic rings. The largest absolute Gasteiger partial charge is 0.455 e. The van der Waals surface area contributed by atoms with Gasteiger partial charge in [0, 0.05) is 10.6 Å². The van der Waals surface area contributed by atoms with Gasteiger partial charge in [0.1, 0.15) is 17.3 Å². The Morgan fingerprint density at radius 2 is 1.94 bits per heavy atom. The number of carbonyl (C=O) groups excluding carboxylic acids is 1. The Bertz CT molecular complexity index is 1210. The second kappa shape index (κ2) is 9.54. The molecule has 1 N–H and O–H groups in total. The molecule has 0 bridgehead atoms. The number of hydrogen-bond acceptors (Lipinski definition) is 7. The first kappa shape index (κ1) is 20.8. The van der Waals surface area contributed by atoms with Crippen LogP contribution < -0.4 is 5.43 Å². The van der Waals surface area contributed by atoms with Gasteiger partial charge in [0.25, 0.3) is 5.91 Å². The average molecular weight is 457 g/mol. The van der Waals surface area contributed by atoms with Crippen LogP contribution in [-0.2, 0) is 4.79 Å². The second-order valence-electron chi connectivity index (χ2n) is 6.14. The van der Waals surface area contributed by atoms with E-state index in [2.05, 4.69) is 26.1 Å². The predicted molar refractivity (Wildman–Crippen MR) is 115 cm³/mol. The van der Waals surface area contributed by atoms with Crippen LogP contribution in [0.25, 0.3) is 17.0 Å². The summed E-state index contributed by atoms with van der Waals surface area (Å²) in [5.74, 6) is 0.415. The van der Waals surface area contributed by atoms with Crippen molar-refractivity contribution in [2.45, 2.75) is 5.16 Å². The lowest BCUT2D eigenvalue weighted by atomic mass is 10.2. The molecule has 0 aliphatic heterocycles. The van der Waals surface area contributed by atoms with Gasteiger partial charge in [0.05, 0.1) is 17.7 Å². The van der Waals surface area contributed by atoms with E-state index in [0.29, 0.717) is 21.7 Å². The third-order valence-corrected chi connectivity index (χ3v) is 5.15. The molecular formula is C20H14ClFN6O2S. The minimum absolute atomic E-state index is 0.0598. The van der Waals surface area contributed by atoms with E-state index in [1.165, 1.54) is 23.0 Å². The number of hydrogen-bond donors (Lipinski definition) is 1. The number of rotatable bonds is 7. The standard InChI is InChI=1S/C20H14ClFN6O2S/c21-14-3-7-16(8-4-14)28-20(25-26-27-28)31-12-19(29)24-23-11-17-9-10-18(30-17)13-1-5-15(22)6-2-13/h1-11H,12H2,(H,24,29)/b23-11-. The van der Waals surface area contributed by atoms with Crippen LogP contribution in [-0.4, -0.2) is 38.1 Å². The summed E-state index contributed by atoms with van der Waals surface area (Å²) in [7, 11) is 0. The molecule has 0 radical (unpaired) electrons. The highest BCUT2D eigenvalue weighted by molar-refractivity contribution is 7.99. The third kappa shape index (κ3) is 5.36. The Hall–Kier alpha value is -3.50. The van der Waals surface area contributed by atoms with Crippen molar-refractivity contribution in [2.75, 3.05) is 5.75 Å². The summed E-state index contributed by atoms with van der Waals surface area (Å²) in [6, 6.07) is 16.4. The van der Waals surface area contributed by atoms with E-state index in [4.69, 9.17) is 16.0 Å². The Kier molecular flexibility index (Phi) is 6.39. The molecule has 2 aromatic carbocycles. The molecule has 0 aliphatic carbocycles. The van der Waals surface area contributed by atoms with E-state index < -0.39 is 0 Å². The van der Waals surface area contributed by atoms with Gasteiger partial charge in [-0.15, -0.1) is 5.10 Å². The number of nitrogens with one attached hydrogen (secondary N) is 1. The van der Waals surface area contributed by atoms with E-state index in [1.807, 2.05) is 0 Å². The van der Waals surface area contributed by atoms with Crippen LogP contribution in [0.15, 0.2) is 75.3 Å².